The summed E-state index contributed by atoms with van der Waals surface area (Å²) in [7, 11) is 0. The molecule has 0 radical (unpaired) electrons. The van der Waals surface area contributed by atoms with E-state index in [4.69, 9.17) is 26.4 Å². The van der Waals surface area contributed by atoms with Gasteiger partial charge in [-0.2, -0.15) is 0 Å². The molecular weight excluding hydrogens is 344 g/mol. The van der Waals surface area contributed by atoms with Crippen molar-refractivity contribution >= 4 is 28.0 Å². The van der Waals surface area contributed by atoms with Crippen LogP contribution in [0.15, 0.2) is 66.7 Å². The summed E-state index contributed by atoms with van der Waals surface area (Å²) in [6, 6.07) is 22.1. The minimum absolute atomic E-state index is 0.352. The topological polar surface area (TPSA) is 27.7 Å². The minimum Gasteiger partial charge on any atom is -0.485 e. The molecule has 0 amide bonds. The largest absolute Gasteiger partial charge is 0.485 e. The first-order valence-corrected chi connectivity index (χ1v) is 9.11. The standard InChI is InChI=1S/C22H22O3S/c1-3-23-22(26)16(2)25-21-19-12-8-7-11-18(19)13-14-20(21)24-15-17-9-5-4-6-10-17/h4-14,16H,3,15H2,1-2H3. The molecule has 3 nitrogen and oxygen atoms in total. The summed E-state index contributed by atoms with van der Waals surface area (Å²) < 4.78 is 17.7. The van der Waals surface area contributed by atoms with E-state index in [0.29, 0.717) is 29.8 Å². The maximum absolute atomic E-state index is 6.17. The molecule has 0 aromatic heterocycles. The summed E-state index contributed by atoms with van der Waals surface area (Å²) in [6.07, 6.45) is -0.352. The maximum atomic E-state index is 6.17. The van der Waals surface area contributed by atoms with Crippen LogP contribution in [-0.2, 0) is 11.3 Å². The molecular formula is C22H22O3S. The average Bonchev–Trinajstić information content (AvgIpc) is 2.68. The van der Waals surface area contributed by atoms with Gasteiger partial charge in [-0.3, -0.25) is 0 Å². The van der Waals surface area contributed by atoms with Crippen LogP contribution in [0.2, 0.25) is 0 Å². The molecule has 0 heterocycles. The molecule has 0 fully saturated rings. The van der Waals surface area contributed by atoms with Crippen LogP contribution in [0.4, 0.5) is 0 Å². The Kier molecular flexibility index (Phi) is 6.08. The van der Waals surface area contributed by atoms with E-state index in [2.05, 4.69) is 6.07 Å². The van der Waals surface area contributed by atoms with Gasteiger partial charge < -0.3 is 14.2 Å². The predicted octanol–water partition coefficient (Wildman–Crippen LogP) is 5.55. The lowest BCUT2D eigenvalue weighted by Crippen LogP contribution is -2.24. The summed E-state index contributed by atoms with van der Waals surface area (Å²) >= 11 is 5.29. The van der Waals surface area contributed by atoms with Gasteiger partial charge in [0.05, 0.1) is 6.61 Å². The van der Waals surface area contributed by atoms with E-state index in [0.717, 1.165) is 16.3 Å². The predicted molar refractivity (Wildman–Crippen MR) is 109 cm³/mol. The molecule has 0 bridgehead atoms. The zero-order chi connectivity index (χ0) is 18.4. The number of hydrogen-bond acceptors (Lipinski definition) is 4. The molecule has 0 aliphatic rings. The molecule has 0 aliphatic heterocycles. The van der Waals surface area contributed by atoms with Gasteiger partial charge in [0.2, 0.25) is 5.05 Å². The molecule has 3 aromatic carbocycles. The van der Waals surface area contributed by atoms with Crippen molar-refractivity contribution in [2.45, 2.75) is 26.6 Å². The first-order valence-electron chi connectivity index (χ1n) is 8.70. The number of thiocarbonyl (C=S) groups is 1. The van der Waals surface area contributed by atoms with Crippen molar-refractivity contribution in [3.63, 3.8) is 0 Å². The van der Waals surface area contributed by atoms with E-state index in [-0.39, 0.29) is 6.10 Å². The third-order valence-electron chi connectivity index (χ3n) is 3.99. The first kappa shape index (κ1) is 18.2. The number of fused-ring (bicyclic) bond motifs is 1. The van der Waals surface area contributed by atoms with Gasteiger partial charge in [-0.15, -0.1) is 0 Å². The Morgan fingerprint density at radius 3 is 2.46 bits per heavy atom. The summed E-state index contributed by atoms with van der Waals surface area (Å²) in [5, 5.41) is 2.52. The van der Waals surface area contributed by atoms with E-state index >= 15 is 0 Å². The van der Waals surface area contributed by atoms with E-state index in [9.17, 15) is 0 Å². The normalized spacial score (nSPS) is 11.8. The van der Waals surface area contributed by atoms with E-state index in [1.165, 1.54) is 0 Å². The molecule has 1 unspecified atom stereocenters. The summed E-state index contributed by atoms with van der Waals surface area (Å²) in [6.45, 7) is 4.80. The monoisotopic (exact) mass is 366 g/mol. The lowest BCUT2D eigenvalue weighted by atomic mass is 10.1. The number of rotatable bonds is 7. The van der Waals surface area contributed by atoms with Crippen LogP contribution >= 0.6 is 12.2 Å². The van der Waals surface area contributed by atoms with Crippen molar-refractivity contribution < 1.29 is 14.2 Å². The number of benzene rings is 3. The third-order valence-corrected chi connectivity index (χ3v) is 4.44. The Morgan fingerprint density at radius 2 is 1.69 bits per heavy atom. The second-order valence-corrected chi connectivity index (χ2v) is 6.30. The minimum atomic E-state index is -0.352. The van der Waals surface area contributed by atoms with Crippen LogP contribution in [0.5, 0.6) is 11.5 Å². The fourth-order valence-electron chi connectivity index (χ4n) is 2.68. The molecule has 3 aromatic rings. The van der Waals surface area contributed by atoms with Gasteiger partial charge in [0.25, 0.3) is 0 Å². The highest BCUT2D eigenvalue weighted by atomic mass is 32.1. The molecule has 0 aliphatic carbocycles. The van der Waals surface area contributed by atoms with Crippen molar-refractivity contribution in [3.05, 3.63) is 72.3 Å². The van der Waals surface area contributed by atoms with E-state index in [1.54, 1.807) is 0 Å². The molecule has 0 saturated carbocycles. The Bertz CT molecular complexity index is 877. The van der Waals surface area contributed by atoms with Gasteiger partial charge in [-0.05, 0) is 43.1 Å². The molecule has 0 spiro atoms. The summed E-state index contributed by atoms with van der Waals surface area (Å²) in [5.74, 6) is 1.38. The van der Waals surface area contributed by atoms with Crippen LogP contribution in [0, 0.1) is 0 Å². The fraction of sp³-hybridized carbons (Fsp3) is 0.227. The molecule has 3 rings (SSSR count). The number of ether oxygens (including phenoxy) is 3. The third kappa shape index (κ3) is 4.33. The van der Waals surface area contributed by atoms with Crippen LogP contribution in [0.25, 0.3) is 10.8 Å². The van der Waals surface area contributed by atoms with Gasteiger partial charge in [0, 0.05) is 5.39 Å². The highest BCUT2D eigenvalue weighted by molar-refractivity contribution is 7.80. The Balaban J connectivity index is 1.90. The van der Waals surface area contributed by atoms with Crippen LogP contribution < -0.4 is 9.47 Å². The average molecular weight is 366 g/mol. The van der Waals surface area contributed by atoms with Gasteiger partial charge in [0.1, 0.15) is 6.61 Å². The lowest BCUT2D eigenvalue weighted by Gasteiger charge is -2.20. The lowest BCUT2D eigenvalue weighted by molar-refractivity contribution is 0.217. The Hall–Kier alpha value is -2.59. The molecule has 0 saturated heterocycles. The zero-order valence-corrected chi connectivity index (χ0v) is 15.8. The summed E-state index contributed by atoms with van der Waals surface area (Å²) in [5.41, 5.74) is 1.10. The molecule has 26 heavy (non-hydrogen) atoms. The first-order chi connectivity index (χ1) is 12.7. The summed E-state index contributed by atoms with van der Waals surface area (Å²) in [4.78, 5) is 0. The molecule has 0 N–H and O–H groups in total. The number of hydrogen-bond donors (Lipinski definition) is 0. The van der Waals surface area contributed by atoms with E-state index in [1.807, 2.05) is 74.5 Å². The quantitative estimate of drug-likeness (QED) is 0.512. The molecule has 4 heteroatoms. The second-order valence-electron chi connectivity index (χ2n) is 5.90. The van der Waals surface area contributed by atoms with Crippen molar-refractivity contribution in [1.82, 2.24) is 0 Å². The fourth-order valence-corrected chi connectivity index (χ4v) is 2.84. The Morgan fingerprint density at radius 1 is 0.962 bits per heavy atom. The van der Waals surface area contributed by atoms with Crippen molar-refractivity contribution in [2.24, 2.45) is 0 Å². The molecule has 1 atom stereocenters. The van der Waals surface area contributed by atoms with Crippen LogP contribution in [0.1, 0.15) is 19.4 Å². The van der Waals surface area contributed by atoms with Gasteiger partial charge in [0.15, 0.2) is 17.6 Å². The smallest absolute Gasteiger partial charge is 0.200 e. The maximum Gasteiger partial charge on any atom is 0.200 e. The van der Waals surface area contributed by atoms with Crippen molar-refractivity contribution in [2.75, 3.05) is 6.61 Å². The van der Waals surface area contributed by atoms with Crippen LogP contribution in [-0.4, -0.2) is 17.8 Å². The van der Waals surface area contributed by atoms with Crippen molar-refractivity contribution in [3.8, 4) is 11.5 Å². The SMILES string of the molecule is CCOC(=S)C(C)Oc1c(OCc2ccccc2)ccc2ccccc12. The van der Waals surface area contributed by atoms with E-state index < -0.39 is 0 Å². The highest BCUT2D eigenvalue weighted by Crippen LogP contribution is 2.37. The molecule has 134 valence electrons. The highest BCUT2D eigenvalue weighted by Gasteiger charge is 2.17. The van der Waals surface area contributed by atoms with Gasteiger partial charge in [-0.1, -0.05) is 60.7 Å². The second kappa shape index (κ2) is 8.68. The van der Waals surface area contributed by atoms with Crippen molar-refractivity contribution in [1.29, 1.82) is 0 Å². The zero-order valence-electron chi connectivity index (χ0n) is 15.0. The Labute approximate surface area is 159 Å². The van der Waals surface area contributed by atoms with Crippen LogP contribution in [0.3, 0.4) is 0 Å². The van der Waals surface area contributed by atoms with Gasteiger partial charge in [-0.25, -0.2) is 0 Å². The van der Waals surface area contributed by atoms with Gasteiger partial charge >= 0.3 is 0 Å².